The second-order valence-electron chi connectivity index (χ2n) is 5.45. The molecule has 0 radical (unpaired) electrons. The fourth-order valence-corrected chi connectivity index (χ4v) is 2.53. The van der Waals surface area contributed by atoms with E-state index in [0.717, 1.165) is 11.3 Å². The van der Waals surface area contributed by atoms with Crippen LogP contribution in [0.15, 0.2) is 48.5 Å². The van der Waals surface area contributed by atoms with E-state index in [1.54, 1.807) is 43.5 Å². The lowest BCUT2D eigenvalue weighted by molar-refractivity contribution is -0.155. The summed E-state index contributed by atoms with van der Waals surface area (Å²) in [7, 11) is 1.59. The number of fused-ring (bicyclic) bond motifs is 1. The van der Waals surface area contributed by atoms with Crippen LogP contribution in [-0.2, 0) is 20.7 Å². The summed E-state index contributed by atoms with van der Waals surface area (Å²) >= 11 is 0. The van der Waals surface area contributed by atoms with Gasteiger partial charge in [0.15, 0.2) is 0 Å². The van der Waals surface area contributed by atoms with Crippen LogP contribution in [0.5, 0.6) is 11.5 Å². The van der Waals surface area contributed by atoms with Gasteiger partial charge in [-0.3, -0.25) is 0 Å². The first kappa shape index (κ1) is 16.8. The van der Waals surface area contributed by atoms with Crippen LogP contribution in [0, 0.1) is 0 Å². The third-order valence-corrected chi connectivity index (χ3v) is 3.81. The highest BCUT2D eigenvalue weighted by molar-refractivity contribution is 5.94. The number of esters is 2. The predicted molar refractivity (Wildman–Crippen MR) is 88.8 cm³/mol. The van der Waals surface area contributed by atoms with Crippen molar-refractivity contribution in [2.24, 2.45) is 0 Å². The van der Waals surface area contributed by atoms with Crippen molar-refractivity contribution in [1.29, 1.82) is 0 Å². The summed E-state index contributed by atoms with van der Waals surface area (Å²) in [5.74, 6) is 0.313. The van der Waals surface area contributed by atoms with Crippen molar-refractivity contribution in [3.05, 3.63) is 59.7 Å². The van der Waals surface area contributed by atoms with E-state index in [9.17, 15) is 9.59 Å². The standard InChI is InChI=1S/C19H18O6/c1-22-14-6-8-15(9-7-14)23-10-11-24-19(21)17-12-13-4-2-3-5-16(13)18(20)25-17/h2-9,17H,10-12H2,1H3/t17-/m1/s1. The monoisotopic (exact) mass is 342 g/mol. The summed E-state index contributed by atoms with van der Waals surface area (Å²) in [6.45, 7) is 0.274. The molecule has 0 saturated carbocycles. The van der Waals surface area contributed by atoms with E-state index in [1.807, 2.05) is 12.1 Å². The number of carbonyl (C=O) groups excluding carboxylic acids is 2. The second kappa shape index (κ2) is 7.70. The van der Waals surface area contributed by atoms with Gasteiger partial charge < -0.3 is 18.9 Å². The third kappa shape index (κ3) is 4.09. The predicted octanol–water partition coefficient (Wildman–Crippen LogP) is 2.40. The van der Waals surface area contributed by atoms with Gasteiger partial charge in [-0.25, -0.2) is 9.59 Å². The van der Waals surface area contributed by atoms with Gasteiger partial charge in [0.2, 0.25) is 6.10 Å². The molecule has 6 nitrogen and oxygen atoms in total. The topological polar surface area (TPSA) is 71.1 Å². The molecule has 2 aromatic carbocycles. The summed E-state index contributed by atoms with van der Waals surface area (Å²) < 4.78 is 20.8. The Kier molecular flexibility index (Phi) is 5.18. The van der Waals surface area contributed by atoms with Crippen molar-refractivity contribution in [2.75, 3.05) is 20.3 Å². The Morgan fingerprint density at radius 1 is 1.08 bits per heavy atom. The van der Waals surface area contributed by atoms with Crippen LogP contribution in [0.4, 0.5) is 0 Å². The minimum absolute atomic E-state index is 0.0700. The Morgan fingerprint density at radius 2 is 1.80 bits per heavy atom. The van der Waals surface area contributed by atoms with Crippen molar-refractivity contribution in [3.63, 3.8) is 0 Å². The van der Waals surface area contributed by atoms with Crippen molar-refractivity contribution in [1.82, 2.24) is 0 Å². The molecule has 3 rings (SSSR count). The first-order valence-electron chi connectivity index (χ1n) is 7.90. The second-order valence-corrected chi connectivity index (χ2v) is 5.45. The summed E-state index contributed by atoms with van der Waals surface area (Å²) in [6.07, 6.45) is -0.594. The van der Waals surface area contributed by atoms with E-state index < -0.39 is 18.0 Å². The van der Waals surface area contributed by atoms with Crippen LogP contribution < -0.4 is 9.47 Å². The van der Waals surface area contributed by atoms with Crippen LogP contribution in [0.3, 0.4) is 0 Å². The molecular formula is C19H18O6. The zero-order chi connectivity index (χ0) is 17.6. The highest BCUT2D eigenvalue weighted by Gasteiger charge is 2.32. The third-order valence-electron chi connectivity index (χ3n) is 3.81. The molecule has 130 valence electrons. The summed E-state index contributed by atoms with van der Waals surface area (Å²) in [5, 5.41) is 0. The van der Waals surface area contributed by atoms with E-state index >= 15 is 0 Å². The minimum Gasteiger partial charge on any atom is -0.497 e. The fourth-order valence-electron chi connectivity index (χ4n) is 2.53. The maximum Gasteiger partial charge on any atom is 0.347 e. The van der Waals surface area contributed by atoms with Crippen LogP contribution >= 0.6 is 0 Å². The van der Waals surface area contributed by atoms with E-state index in [1.165, 1.54) is 0 Å². The Balaban J connectivity index is 1.46. The maximum absolute atomic E-state index is 12.1. The van der Waals surface area contributed by atoms with Crippen LogP contribution in [-0.4, -0.2) is 38.4 Å². The van der Waals surface area contributed by atoms with Gasteiger partial charge in [0, 0.05) is 6.42 Å². The molecule has 0 unspecified atom stereocenters. The number of cyclic esters (lactones) is 1. The van der Waals surface area contributed by atoms with Crippen LogP contribution in [0.2, 0.25) is 0 Å². The molecule has 0 aromatic heterocycles. The van der Waals surface area contributed by atoms with Gasteiger partial charge in [0.05, 0.1) is 12.7 Å². The van der Waals surface area contributed by atoms with Gasteiger partial charge in [0.1, 0.15) is 24.7 Å². The number of rotatable bonds is 6. The SMILES string of the molecule is COc1ccc(OCCOC(=O)[C@H]2Cc3ccccc3C(=O)O2)cc1. The summed E-state index contributed by atoms with van der Waals surface area (Å²) in [6, 6.07) is 14.2. The fraction of sp³-hybridized carbons (Fsp3) is 0.263. The van der Waals surface area contributed by atoms with E-state index in [0.29, 0.717) is 17.7 Å². The average Bonchev–Trinajstić information content (AvgIpc) is 2.65. The number of hydrogen-bond acceptors (Lipinski definition) is 6. The number of ether oxygens (including phenoxy) is 4. The molecule has 0 saturated heterocycles. The van der Waals surface area contributed by atoms with Gasteiger partial charge in [-0.1, -0.05) is 18.2 Å². The number of carbonyl (C=O) groups is 2. The van der Waals surface area contributed by atoms with Crippen molar-refractivity contribution in [3.8, 4) is 11.5 Å². The highest BCUT2D eigenvalue weighted by atomic mass is 16.6. The lowest BCUT2D eigenvalue weighted by Gasteiger charge is -2.23. The lowest BCUT2D eigenvalue weighted by atomic mass is 9.99. The van der Waals surface area contributed by atoms with Gasteiger partial charge in [-0.15, -0.1) is 0 Å². The molecule has 1 aliphatic heterocycles. The molecular weight excluding hydrogens is 324 g/mol. The van der Waals surface area contributed by atoms with Crippen molar-refractivity contribution >= 4 is 11.9 Å². The zero-order valence-electron chi connectivity index (χ0n) is 13.8. The normalized spacial score (nSPS) is 15.7. The number of hydrogen-bond donors (Lipinski definition) is 0. The molecule has 1 heterocycles. The highest BCUT2D eigenvalue weighted by Crippen LogP contribution is 2.21. The smallest absolute Gasteiger partial charge is 0.347 e. The molecule has 0 bridgehead atoms. The average molecular weight is 342 g/mol. The van der Waals surface area contributed by atoms with E-state index in [2.05, 4.69) is 0 Å². The largest absolute Gasteiger partial charge is 0.497 e. The summed E-state index contributed by atoms with van der Waals surface area (Å²) in [5.41, 5.74) is 1.28. The molecule has 0 aliphatic carbocycles. The van der Waals surface area contributed by atoms with E-state index in [-0.39, 0.29) is 13.2 Å². The first-order chi connectivity index (χ1) is 12.2. The molecule has 1 aliphatic rings. The Morgan fingerprint density at radius 3 is 2.56 bits per heavy atom. The van der Waals surface area contributed by atoms with Crippen molar-refractivity contribution < 1.29 is 28.5 Å². The van der Waals surface area contributed by atoms with Gasteiger partial charge in [-0.2, -0.15) is 0 Å². The molecule has 0 amide bonds. The Labute approximate surface area is 145 Å². The maximum atomic E-state index is 12.1. The molecule has 1 atom stereocenters. The van der Waals surface area contributed by atoms with Gasteiger partial charge >= 0.3 is 11.9 Å². The molecule has 0 fully saturated rings. The van der Waals surface area contributed by atoms with E-state index in [4.69, 9.17) is 18.9 Å². The van der Waals surface area contributed by atoms with Gasteiger partial charge in [0.25, 0.3) is 0 Å². The summed E-state index contributed by atoms with van der Waals surface area (Å²) in [4.78, 5) is 24.0. The van der Waals surface area contributed by atoms with Crippen molar-refractivity contribution in [2.45, 2.75) is 12.5 Å². The Bertz CT molecular complexity index is 753. The lowest BCUT2D eigenvalue weighted by Crippen LogP contribution is -2.36. The molecule has 25 heavy (non-hydrogen) atoms. The van der Waals surface area contributed by atoms with Gasteiger partial charge in [-0.05, 0) is 35.9 Å². The molecule has 2 aromatic rings. The molecule has 0 spiro atoms. The van der Waals surface area contributed by atoms with Crippen LogP contribution in [0.25, 0.3) is 0 Å². The Hall–Kier alpha value is -3.02. The number of methoxy groups -OCH3 is 1. The molecule has 6 heteroatoms. The zero-order valence-corrected chi connectivity index (χ0v) is 13.8. The minimum atomic E-state index is -0.914. The molecule has 0 N–H and O–H groups in total. The van der Waals surface area contributed by atoms with Crippen LogP contribution in [0.1, 0.15) is 15.9 Å². The quantitative estimate of drug-likeness (QED) is 0.593. The number of benzene rings is 2. The first-order valence-corrected chi connectivity index (χ1v) is 7.90.